The summed E-state index contributed by atoms with van der Waals surface area (Å²) in [4.78, 5) is 2.44. The number of fused-ring (bicyclic) bond motifs is 1. The Morgan fingerprint density at radius 2 is 1.91 bits per heavy atom. The van der Waals surface area contributed by atoms with E-state index < -0.39 is 0 Å². The molecule has 4 heteroatoms. The van der Waals surface area contributed by atoms with Crippen molar-refractivity contribution in [2.75, 3.05) is 27.3 Å². The first-order valence-electron chi connectivity index (χ1n) is 7.99. The van der Waals surface area contributed by atoms with Crippen molar-refractivity contribution in [1.82, 2.24) is 4.90 Å². The molecule has 23 heavy (non-hydrogen) atoms. The molecule has 0 amide bonds. The van der Waals surface area contributed by atoms with E-state index in [0.29, 0.717) is 6.54 Å². The first-order valence-corrected chi connectivity index (χ1v) is 7.99. The number of rotatable bonds is 5. The van der Waals surface area contributed by atoms with Crippen molar-refractivity contribution >= 4 is 0 Å². The Hall–Kier alpha value is -2.04. The highest BCUT2D eigenvalue weighted by atomic mass is 16.5. The van der Waals surface area contributed by atoms with Crippen LogP contribution in [0.25, 0.3) is 0 Å². The lowest BCUT2D eigenvalue weighted by atomic mass is 9.90. The zero-order valence-electron chi connectivity index (χ0n) is 13.8. The van der Waals surface area contributed by atoms with Gasteiger partial charge in [-0.1, -0.05) is 30.3 Å². The van der Waals surface area contributed by atoms with E-state index in [9.17, 15) is 0 Å². The Kier molecular flexibility index (Phi) is 4.84. The third kappa shape index (κ3) is 3.19. The lowest BCUT2D eigenvalue weighted by Gasteiger charge is -2.37. The molecule has 1 atom stereocenters. The second kappa shape index (κ2) is 7.02. The molecule has 0 saturated heterocycles. The van der Waals surface area contributed by atoms with Gasteiger partial charge in [-0.25, -0.2) is 0 Å². The van der Waals surface area contributed by atoms with E-state index >= 15 is 0 Å². The number of ether oxygens (including phenoxy) is 2. The van der Waals surface area contributed by atoms with E-state index in [-0.39, 0.29) is 6.04 Å². The van der Waals surface area contributed by atoms with E-state index in [1.165, 1.54) is 16.7 Å². The average Bonchev–Trinajstić information content (AvgIpc) is 2.61. The number of nitrogens with two attached hydrogens (primary N) is 1. The van der Waals surface area contributed by atoms with Crippen LogP contribution in [0.15, 0.2) is 42.5 Å². The van der Waals surface area contributed by atoms with Gasteiger partial charge in [0.25, 0.3) is 0 Å². The highest BCUT2D eigenvalue weighted by Gasteiger charge is 2.30. The first-order chi connectivity index (χ1) is 11.3. The third-order valence-corrected chi connectivity index (χ3v) is 4.55. The third-order valence-electron chi connectivity index (χ3n) is 4.55. The molecular weight excluding hydrogens is 288 g/mol. The molecule has 0 spiro atoms. The molecule has 1 unspecified atom stereocenters. The van der Waals surface area contributed by atoms with Gasteiger partial charge in [-0.3, -0.25) is 4.90 Å². The van der Waals surface area contributed by atoms with Crippen molar-refractivity contribution in [3.63, 3.8) is 0 Å². The van der Waals surface area contributed by atoms with Crippen LogP contribution in [0.3, 0.4) is 0 Å². The van der Waals surface area contributed by atoms with Crippen LogP contribution in [0.4, 0.5) is 0 Å². The number of benzene rings is 2. The largest absolute Gasteiger partial charge is 0.497 e. The van der Waals surface area contributed by atoms with Gasteiger partial charge < -0.3 is 15.2 Å². The highest BCUT2D eigenvalue weighted by Crippen LogP contribution is 2.39. The highest BCUT2D eigenvalue weighted by molar-refractivity contribution is 5.50. The second-order valence-electron chi connectivity index (χ2n) is 5.86. The van der Waals surface area contributed by atoms with E-state index in [4.69, 9.17) is 15.2 Å². The van der Waals surface area contributed by atoms with Crippen LogP contribution in [0, 0.1) is 0 Å². The molecule has 1 aliphatic rings. The quantitative estimate of drug-likeness (QED) is 0.922. The van der Waals surface area contributed by atoms with Crippen molar-refractivity contribution in [2.24, 2.45) is 5.73 Å². The van der Waals surface area contributed by atoms with Gasteiger partial charge in [0.1, 0.15) is 11.5 Å². The fourth-order valence-electron chi connectivity index (χ4n) is 3.40. The number of methoxy groups -OCH3 is 2. The Morgan fingerprint density at radius 3 is 2.57 bits per heavy atom. The van der Waals surface area contributed by atoms with Gasteiger partial charge in [-0.15, -0.1) is 0 Å². The van der Waals surface area contributed by atoms with Crippen molar-refractivity contribution in [1.29, 1.82) is 0 Å². The fraction of sp³-hybridized carbons (Fsp3) is 0.368. The molecule has 1 aliphatic heterocycles. The fourth-order valence-corrected chi connectivity index (χ4v) is 3.40. The lowest BCUT2D eigenvalue weighted by molar-refractivity contribution is 0.176. The summed E-state index contributed by atoms with van der Waals surface area (Å²) in [5.74, 6) is 1.71. The number of hydrogen-bond donors (Lipinski definition) is 1. The van der Waals surface area contributed by atoms with Crippen LogP contribution in [0.2, 0.25) is 0 Å². The number of nitrogens with zero attached hydrogens (tertiary/aromatic N) is 1. The summed E-state index contributed by atoms with van der Waals surface area (Å²) in [5.41, 5.74) is 9.92. The zero-order valence-corrected chi connectivity index (χ0v) is 13.8. The van der Waals surface area contributed by atoms with E-state index in [1.54, 1.807) is 14.2 Å². The molecular formula is C19H24N2O2. The van der Waals surface area contributed by atoms with Crippen molar-refractivity contribution in [3.05, 3.63) is 59.2 Å². The predicted octanol–water partition coefficient (Wildman–Crippen LogP) is 2.76. The van der Waals surface area contributed by atoms with Crippen LogP contribution in [-0.4, -0.2) is 32.2 Å². The summed E-state index contributed by atoms with van der Waals surface area (Å²) in [6.45, 7) is 2.46. The SMILES string of the molecule is COc1cc2c(c(OC)c1)C(CN)N(Cc1ccccc1)CC2. The van der Waals surface area contributed by atoms with Crippen molar-refractivity contribution in [2.45, 2.75) is 19.0 Å². The minimum Gasteiger partial charge on any atom is -0.497 e. The molecule has 122 valence electrons. The molecule has 2 aromatic carbocycles. The van der Waals surface area contributed by atoms with Crippen LogP contribution < -0.4 is 15.2 Å². The van der Waals surface area contributed by atoms with Gasteiger partial charge in [-0.05, 0) is 23.6 Å². The maximum atomic E-state index is 6.13. The molecule has 0 aliphatic carbocycles. The standard InChI is InChI=1S/C19H24N2O2/c1-22-16-10-15-8-9-21(13-14-6-4-3-5-7-14)17(12-20)19(15)18(11-16)23-2/h3-7,10-11,17H,8-9,12-13,20H2,1-2H3. The van der Waals surface area contributed by atoms with Gasteiger partial charge in [0, 0.05) is 31.3 Å². The van der Waals surface area contributed by atoms with Crippen LogP contribution in [0.1, 0.15) is 22.7 Å². The summed E-state index contributed by atoms with van der Waals surface area (Å²) in [7, 11) is 3.39. The van der Waals surface area contributed by atoms with Crippen LogP contribution in [0.5, 0.6) is 11.5 Å². The van der Waals surface area contributed by atoms with Crippen molar-refractivity contribution in [3.8, 4) is 11.5 Å². The zero-order chi connectivity index (χ0) is 16.2. The van der Waals surface area contributed by atoms with Gasteiger partial charge >= 0.3 is 0 Å². The molecule has 3 rings (SSSR count). The monoisotopic (exact) mass is 312 g/mol. The summed E-state index contributed by atoms with van der Waals surface area (Å²) >= 11 is 0. The average molecular weight is 312 g/mol. The van der Waals surface area contributed by atoms with E-state index in [1.807, 2.05) is 12.1 Å². The molecule has 4 nitrogen and oxygen atoms in total. The van der Waals surface area contributed by atoms with Crippen LogP contribution in [-0.2, 0) is 13.0 Å². The van der Waals surface area contributed by atoms with E-state index in [0.717, 1.165) is 31.0 Å². The molecule has 0 aromatic heterocycles. The summed E-state index contributed by atoms with van der Waals surface area (Å²) < 4.78 is 11.0. The normalized spacial score (nSPS) is 17.6. The molecule has 2 aromatic rings. The van der Waals surface area contributed by atoms with Gasteiger partial charge in [0.15, 0.2) is 0 Å². The summed E-state index contributed by atoms with van der Waals surface area (Å²) in [6, 6.07) is 14.8. The predicted molar refractivity (Wildman–Crippen MR) is 91.9 cm³/mol. The summed E-state index contributed by atoms with van der Waals surface area (Å²) in [6.07, 6.45) is 0.978. The molecule has 0 saturated carbocycles. The Morgan fingerprint density at radius 1 is 1.13 bits per heavy atom. The Bertz CT molecular complexity index is 641. The molecule has 0 fully saturated rings. The van der Waals surface area contributed by atoms with Crippen molar-refractivity contribution < 1.29 is 9.47 Å². The molecule has 0 radical (unpaired) electrons. The molecule has 1 heterocycles. The first kappa shape index (κ1) is 15.8. The summed E-state index contributed by atoms with van der Waals surface area (Å²) in [5, 5.41) is 0. The van der Waals surface area contributed by atoms with E-state index in [2.05, 4.69) is 35.2 Å². The van der Waals surface area contributed by atoms with Crippen LogP contribution >= 0.6 is 0 Å². The minimum absolute atomic E-state index is 0.166. The van der Waals surface area contributed by atoms with Gasteiger partial charge in [-0.2, -0.15) is 0 Å². The minimum atomic E-state index is 0.166. The Labute approximate surface area is 137 Å². The molecule has 2 N–H and O–H groups in total. The maximum Gasteiger partial charge on any atom is 0.127 e. The second-order valence-corrected chi connectivity index (χ2v) is 5.86. The van der Waals surface area contributed by atoms with Gasteiger partial charge in [0.05, 0.1) is 20.3 Å². The smallest absolute Gasteiger partial charge is 0.127 e. The Balaban J connectivity index is 1.94. The maximum absolute atomic E-state index is 6.13. The lowest BCUT2D eigenvalue weighted by Crippen LogP contribution is -2.39. The molecule has 0 bridgehead atoms. The number of hydrogen-bond acceptors (Lipinski definition) is 4. The topological polar surface area (TPSA) is 47.7 Å². The van der Waals surface area contributed by atoms with Gasteiger partial charge in [0.2, 0.25) is 0 Å².